The van der Waals surface area contributed by atoms with E-state index >= 15 is 0 Å². The summed E-state index contributed by atoms with van der Waals surface area (Å²) in [5.74, 6) is 0. The van der Waals surface area contributed by atoms with Crippen molar-refractivity contribution in [2.75, 3.05) is 4.90 Å². The Balaban J connectivity index is 0.853. The van der Waals surface area contributed by atoms with Gasteiger partial charge in [-0.3, -0.25) is 0 Å². The maximum Gasteiger partial charge on any atom is 0.0541 e. The van der Waals surface area contributed by atoms with Gasteiger partial charge in [-0.15, -0.1) is 0 Å². The van der Waals surface area contributed by atoms with Crippen LogP contribution in [-0.2, 0) is 0 Å². The molecule has 0 bridgehead atoms. The molecule has 0 aliphatic heterocycles. The lowest BCUT2D eigenvalue weighted by Gasteiger charge is -2.26. The van der Waals surface area contributed by atoms with E-state index in [1.54, 1.807) is 0 Å². The van der Waals surface area contributed by atoms with Gasteiger partial charge in [-0.1, -0.05) is 212 Å². The van der Waals surface area contributed by atoms with Gasteiger partial charge in [0.15, 0.2) is 0 Å². The lowest BCUT2D eigenvalue weighted by atomic mass is 9.96. The molecule has 1 aromatic heterocycles. The molecule has 0 aliphatic carbocycles. The van der Waals surface area contributed by atoms with Crippen molar-refractivity contribution in [1.82, 2.24) is 4.57 Å². The van der Waals surface area contributed by atoms with Crippen LogP contribution in [0, 0.1) is 0 Å². The molecule has 0 amide bonds. The molecule has 68 heavy (non-hydrogen) atoms. The van der Waals surface area contributed by atoms with E-state index in [2.05, 4.69) is 289 Å². The van der Waals surface area contributed by atoms with Crippen molar-refractivity contribution < 1.29 is 0 Å². The first-order chi connectivity index (χ1) is 33.7. The van der Waals surface area contributed by atoms with Gasteiger partial charge in [0, 0.05) is 33.4 Å². The Labute approximate surface area is 397 Å². The highest BCUT2D eigenvalue weighted by Crippen LogP contribution is 2.40. The number of anilines is 3. The first-order valence-corrected chi connectivity index (χ1v) is 23.3. The van der Waals surface area contributed by atoms with E-state index in [4.69, 9.17) is 0 Å². The topological polar surface area (TPSA) is 8.17 Å². The van der Waals surface area contributed by atoms with E-state index in [0.717, 1.165) is 17.1 Å². The van der Waals surface area contributed by atoms with Crippen LogP contribution in [0.1, 0.15) is 0 Å². The molecule has 11 aromatic carbocycles. The second-order valence-electron chi connectivity index (χ2n) is 17.3. The number of fused-ring (bicyclic) bond motifs is 3. The van der Waals surface area contributed by atoms with E-state index in [1.807, 2.05) is 0 Å². The van der Waals surface area contributed by atoms with Crippen molar-refractivity contribution >= 4 is 38.9 Å². The van der Waals surface area contributed by atoms with E-state index in [9.17, 15) is 0 Å². The summed E-state index contributed by atoms with van der Waals surface area (Å²) in [6.07, 6.45) is 0. The molecule has 0 atom stereocenters. The summed E-state index contributed by atoms with van der Waals surface area (Å²) in [6.45, 7) is 0. The van der Waals surface area contributed by atoms with Gasteiger partial charge in [-0.25, -0.2) is 0 Å². The third kappa shape index (κ3) is 7.74. The third-order valence-electron chi connectivity index (χ3n) is 13.2. The molecule has 12 aromatic rings. The van der Waals surface area contributed by atoms with Gasteiger partial charge in [0.05, 0.1) is 16.7 Å². The largest absolute Gasteiger partial charge is 0.311 e. The summed E-state index contributed by atoms with van der Waals surface area (Å²) in [6, 6.07) is 101. The molecule has 2 heteroatoms. The first kappa shape index (κ1) is 40.5. The molecular weight excluding hydrogens is 821 g/mol. The zero-order chi connectivity index (χ0) is 45.2. The normalized spacial score (nSPS) is 11.2. The SMILES string of the molecule is c1ccc(-c2ccc(N(c3ccc(-c4ccc(-c5ccccc5-n5c6ccccc6c6ccccc65)cc4)cc3)c3ccc(-c4cccc(-c5cccc(-c6ccccc6)c5)c4)cc3)cc2)cc1. The van der Waals surface area contributed by atoms with Crippen LogP contribution < -0.4 is 4.90 Å². The predicted octanol–water partition coefficient (Wildman–Crippen LogP) is 18.3. The van der Waals surface area contributed by atoms with Crippen LogP contribution in [0.25, 0.3) is 94.3 Å². The molecule has 0 saturated carbocycles. The summed E-state index contributed by atoms with van der Waals surface area (Å²) < 4.78 is 2.41. The second kappa shape index (κ2) is 17.8. The minimum Gasteiger partial charge on any atom is -0.311 e. The number of aromatic nitrogens is 1. The van der Waals surface area contributed by atoms with Crippen molar-refractivity contribution in [3.63, 3.8) is 0 Å². The summed E-state index contributed by atoms with van der Waals surface area (Å²) in [5.41, 5.74) is 21.2. The van der Waals surface area contributed by atoms with Crippen molar-refractivity contribution in [3.8, 4) is 72.4 Å². The molecule has 0 unspecified atom stereocenters. The maximum absolute atomic E-state index is 2.41. The average Bonchev–Trinajstić information content (AvgIpc) is 3.76. The summed E-state index contributed by atoms with van der Waals surface area (Å²) in [5, 5.41) is 2.53. The standard InChI is InChI=1S/C66H46N2/c1-3-15-47(16-4-1)50-33-39-58(40-34-50)67(60-43-37-52(38-44-60)55-20-14-22-57(46-55)56-21-13-19-54(45-56)48-17-5-2-6-18-48)59-41-35-51(36-42-59)49-29-31-53(32-30-49)61-23-7-10-26-64(61)68-65-27-11-8-24-62(65)63-25-9-12-28-66(63)68/h1-46H. The number of rotatable bonds is 10. The van der Waals surface area contributed by atoms with Crippen molar-refractivity contribution in [3.05, 3.63) is 279 Å². The van der Waals surface area contributed by atoms with Gasteiger partial charge in [0.1, 0.15) is 0 Å². The van der Waals surface area contributed by atoms with Gasteiger partial charge in [0.2, 0.25) is 0 Å². The van der Waals surface area contributed by atoms with E-state index < -0.39 is 0 Å². The molecule has 2 nitrogen and oxygen atoms in total. The van der Waals surface area contributed by atoms with Gasteiger partial charge in [0.25, 0.3) is 0 Å². The van der Waals surface area contributed by atoms with Crippen LogP contribution in [0.3, 0.4) is 0 Å². The Morgan fingerprint density at radius 1 is 0.221 bits per heavy atom. The molecule has 0 aliphatic rings. The van der Waals surface area contributed by atoms with E-state index in [1.165, 1.54) is 94.3 Å². The Bertz CT molecular complexity index is 3630. The highest BCUT2D eigenvalue weighted by atomic mass is 15.1. The van der Waals surface area contributed by atoms with Crippen molar-refractivity contribution in [1.29, 1.82) is 0 Å². The van der Waals surface area contributed by atoms with Crippen molar-refractivity contribution in [2.45, 2.75) is 0 Å². The number of benzene rings is 11. The molecule has 320 valence electrons. The highest BCUT2D eigenvalue weighted by molar-refractivity contribution is 6.09. The lowest BCUT2D eigenvalue weighted by Crippen LogP contribution is -2.09. The fraction of sp³-hybridized carbons (Fsp3) is 0. The molecule has 0 radical (unpaired) electrons. The number of nitrogens with zero attached hydrogens (tertiary/aromatic N) is 2. The van der Waals surface area contributed by atoms with E-state index in [0.29, 0.717) is 0 Å². The average molecular weight is 867 g/mol. The molecule has 12 rings (SSSR count). The van der Waals surface area contributed by atoms with Gasteiger partial charge in [-0.05, 0) is 128 Å². The van der Waals surface area contributed by atoms with Crippen LogP contribution in [-0.4, -0.2) is 4.57 Å². The fourth-order valence-corrected chi connectivity index (χ4v) is 9.81. The molecule has 0 spiro atoms. The molecular formula is C66H46N2. The van der Waals surface area contributed by atoms with Crippen LogP contribution >= 0.6 is 0 Å². The Hall–Kier alpha value is -8.98. The summed E-state index contributed by atoms with van der Waals surface area (Å²) >= 11 is 0. The van der Waals surface area contributed by atoms with Crippen LogP contribution in [0.5, 0.6) is 0 Å². The monoisotopic (exact) mass is 866 g/mol. The lowest BCUT2D eigenvalue weighted by molar-refractivity contribution is 1.18. The fourth-order valence-electron chi connectivity index (χ4n) is 9.81. The molecule has 0 fully saturated rings. The minimum atomic E-state index is 1.09. The van der Waals surface area contributed by atoms with Crippen LogP contribution in [0.4, 0.5) is 17.1 Å². The van der Waals surface area contributed by atoms with Crippen molar-refractivity contribution in [2.24, 2.45) is 0 Å². The quantitative estimate of drug-likeness (QED) is 0.133. The molecule has 0 N–H and O–H groups in total. The Morgan fingerprint density at radius 3 is 1.00 bits per heavy atom. The third-order valence-corrected chi connectivity index (χ3v) is 13.2. The predicted molar refractivity (Wildman–Crippen MR) is 288 cm³/mol. The zero-order valence-electron chi connectivity index (χ0n) is 37.5. The van der Waals surface area contributed by atoms with E-state index in [-0.39, 0.29) is 0 Å². The zero-order valence-corrected chi connectivity index (χ0v) is 37.5. The van der Waals surface area contributed by atoms with Gasteiger partial charge >= 0.3 is 0 Å². The first-order valence-electron chi connectivity index (χ1n) is 23.3. The number of hydrogen-bond donors (Lipinski definition) is 0. The maximum atomic E-state index is 2.41. The Kier molecular flexibility index (Phi) is 10.6. The summed E-state index contributed by atoms with van der Waals surface area (Å²) in [4.78, 5) is 2.35. The van der Waals surface area contributed by atoms with Crippen LogP contribution in [0.2, 0.25) is 0 Å². The van der Waals surface area contributed by atoms with Gasteiger partial charge in [-0.2, -0.15) is 0 Å². The number of hydrogen-bond acceptors (Lipinski definition) is 1. The molecule has 0 saturated heterocycles. The minimum absolute atomic E-state index is 1.09. The highest BCUT2D eigenvalue weighted by Gasteiger charge is 2.17. The smallest absolute Gasteiger partial charge is 0.0541 e. The Morgan fingerprint density at radius 2 is 0.529 bits per heavy atom. The van der Waals surface area contributed by atoms with Gasteiger partial charge < -0.3 is 9.47 Å². The summed E-state index contributed by atoms with van der Waals surface area (Å²) in [7, 11) is 0. The number of para-hydroxylation sites is 3. The second-order valence-corrected chi connectivity index (χ2v) is 17.3. The van der Waals surface area contributed by atoms with Crippen LogP contribution in [0.15, 0.2) is 279 Å². The molecule has 1 heterocycles.